The molecule has 1 atom stereocenters. The first kappa shape index (κ1) is 15.2. The van der Waals surface area contributed by atoms with Gasteiger partial charge in [0, 0.05) is 26.7 Å². The minimum absolute atomic E-state index is 0.0667. The zero-order valence-corrected chi connectivity index (χ0v) is 12.2. The molecule has 1 saturated heterocycles. The number of ether oxygens (including phenoxy) is 1. The van der Waals surface area contributed by atoms with Gasteiger partial charge in [-0.25, -0.2) is 0 Å². The Hall–Kier alpha value is -2.15. The van der Waals surface area contributed by atoms with Crippen molar-refractivity contribution in [3.63, 3.8) is 0 Å². The highest BCUT2D eigenvalue weighted by Crippen LogP contribution is 2.29. The Kier molecular flexibility index (Phi) is 4.74. The SMILES string of the molecule is CNc1cccc(C(=O)N2CCCOC(C)C2)c1[N+](=O)[O-]. The van der Waals surface area contributed by atoms with Gasteiger partial charge in [-0.05, 0) is 25.5 Å². The molecule has 0 aromatic heterocycles. The van der Waals surface area contributed by atoms with Crippen LogP contribution in [-0.2, 0) is 4.74 Å². The number of carbonyl (C=O) groups is 1. The van der Waals surface area contributed by atoms with Crippen LogP contribution in [0.15, 0.2) is 18.2 Å². The number of nitro groups is 1. The van der Waals surface area contributed by atoms with Crippen LogP contribution in [0.5, 0.6) is 0 Å². The third-order valence-corrected chi connectivity index (χ3v) is 3.46. The van der Waals surface area contributed by atoms with Crippen molar-refractivity contribution >= 4 is 17.3 Å². The van der Waals surface area contributed by atoms with Crippen LogP contribution in [0.2, 0.25) is 0 Å². The number of nitro benzene ring substituents is 1. The predicted molar refractivity (Wildman–Crippen MR) is 78.6 cm³/mol. The Labute approximate surface area is 123 Å². The van der Waals surface area contributed by atoms with E-state index in [1.165, 1.54) is 6.07 Å². The summed E-state index contributed by atoms with van der Waals surface area (Å²) in [4.78, 5) is 25.0. The Balaban J connectivity index is 2.36. The van der Waals surface area contributed by atoms with E-state index in [-0.39, 0.29) is 23.3 Å². The summed E-state index contributed by atoms with van der Waals surface area (Å²) in [6, 6.07) is 4.73. The van der Waals surface area contributed by atoms with Gasteiger partial charge < -0.3 is 15.0 Å². The number of rotatable bonds is 3. The smallest absolute Gasteiger partial charge is 0.305 e. The molecule has 1 aliphatic heterocycles. The van der Waals surface area contributed by atoms with E-state index < -0.39 is 4.92 Å². The maximum atomic E-state index is 12.6. The van der Waals surface area contributed by atoms with E-state index >= 15 is 0 Å². The summed E-state index contributed by atoms with van der Waals surface area (Å²) < 4.78 is 5.50. The summed E-state index contributed by atoms with van der Waals surface area (Å²) in [6.07, 6.45) is 0.665. The van der Waals surface area contributed by atoms with Gasteiger partial charge in [0.1, 0.15) is 11.3 Å². The molecule has 0 bridgehead atoms. The zero-order chi connectivity index (χ0) is 15.4. The summed E-state index contributed by atoms with van der Waals surface area (Å²) >= 11 is 0. The van der Waals surface area contributed by atoms with Crippen LogP contribution in [0, 0.1) is 10.1 Å². The molecule has 1 unspecified atom stereocenters. The molecule has 1 amide bonds. The molecule has 1 aliphatic rings. The fourth-order valence-corrected chi connectivity index (χ4v) is 2.46. The molecule has 114 valence electrons. The minimum Gasteiger partial charge on any atom is -0.383 e. The van der Waals surface area contributed by atoms with E-state index in [9.17, 15) is 14.9 Å². The number of hydrogen-bond donors (Lipinski definition) is 1. The number of nitrogens with zero attached hydrogens (tertiary/aromatic N) is 2. The predicted octanol–water partition coefficient (Wildman–Crippen LogP) is 1.89. The summed E-state index contributed by atoms with van der Waals surface area (Å²) in [5.74, 6) is -0.323. The summed E-state index contributed by atoms with van der Waals surface area (Å²) in [5.41, 5.74) is 0.272. The Morgan fingerprint density at radius 3 is 2.95 bits per heavy atom. The molecule has 0 radical (unpaired) electrons. The van der Waals surface area contributed by atoms with E-state index in [1.807, 2.05) is 6.92 Å². The third-order valence-electron chi connectivity index (χ3n) is 3.46. The highest BCUT2D eigenvalue weighted by molar-refractivity contribution is 6.00. The molecule has 2 rings (SSSR count). The Morgan fingerprint density at radius 1 is 1.52 bits per heavy atom. The molecule has 0 saturated carbocycles. The minimum atomic E-state index is -0.517. The van der Waals surface area contributed by atoms with Gasteiger partial charge in [0.25, 0.3) is 5.91 Å². The lowest BCUT2D eigenvalue weighted by molar-refractivity contribution is -0.384. The van der Waals surface area contributed by atoms with Crippen molar-refractivity contribution in [2.45, 2.75) is 19.4 Å². The van der Waals surface area contributed by atoms with E-state index in [0.717, 1.165) is 6.42 Å². The van der Waals surface area contributed by atoms with E-state index in [2.05, 4.69) is 5.32 Å². The monoisotopic (exact) mass is 293 g/mol. The van der Waals surface area contributed by atoms with Crippen LogP contribution < -0.4 is 5.32 Å². The van der Waals surface area contributed by atoms with Crippen LogP contribution in [0.4, 0.5) is 11.4 Å². The molecule has 7 nitrogen and oxygen atoms in total. The molecular weight excluding hydrogens is 274 g/mol. The number of anilines is 1. The van der Waals surface area contributed by atoms with Crippen molar-refractivity contribution in [3.8, 4) is 0 Å². The van der Waals surface area contributed by atoms with Gasteiger partial charge in [-0.2, -0.15) is 0 Å². The average Bonchev–Trinajstić information content (AvgIpc) is 2.70. The second-order valence-corrected chi connectivity index (χ2v) is 4.99. The van der Waals surface area contributed by atoms with Gasteiger partial charge in [-0.1, -0.05) is 6.07 Å². The normalized spacial score (nSPS) is 19.0. The molecule has 7 heteroatoms. The first-order chi connectivity index (χ1) is 10.0. The van der Waals surface area contributed by atoms with E-state index in [4.69, 9.17) is 4.74 Å². The quantitative estimate of drug-likeness (QED) is 0.679. The summed E-state index contributed by atoms with van der Waals surface area (Å²) in [7, 11) is 1.60. The van der Waals surface area contributed by atoms with Crippen LogP contribution in [0.3, 0.4) is 0 Å². The van der Waals surface area contributed by atoms with Gasteiger partial charge >= 0.3 is 5.69 Å². The summed E-state index contributed by atoms with van der Waals surface area (Å²) in [5, 5.41) is 14.1. The first-order valence-corrected chi connectivity index (χ1v) is 6.90. The Bertz CT molecular complexity index is 547. The fraction of sp³-hybridized carbons (Fsp3) is 0.500. The molecular formula is C14H19N3O4. The molecule has 1 aromatic rings. The molecule has 1 heterocycles. The molecule has 1 N–H and O–H groups in total. The van der Waals surface area contributed by atoms with Crippen molar-refractivity contribution in [2.24, 2.45) is 0 Å². The Morgan fingerprint density at radius 2 is 2.29 bits per heavy atom. The average molecular weight is 293 g/mol. The number of benzene rings is 1. The second kappa shape index (κ2) is 6.53. The van der Waals surface area contributed by atoms with Gasteiger partial charge in [0.05, 0.1) is 11.0 Å². The molecule has 21 heavy (non-hydrogen) atoms. The lowest BCUT2D eigenvalue weighted by Crippen LogP contribution is -2.36. The molecule has 1 aromatic carbocycles. The fourth-order valence-electron chi connectivity index (χ4n) is 2.46. The maximum Gasteiger partial charge on any atom is 0.305 e. The van der Waals surface area contributed by atoms with Gasteiger partial charge in [-0.15, -0.1) is 0 Å². The summed E-state index contributed by atoms with van der Waals surface area (Å²) in [6.45, 7) is 3.48. The number of hydrogen-bond acceptors (Lipinski definition) is 5. The maximum absolute atomic E-state index is 12.6. The van der Waals surface area contributed by atoms with Crippen molar-refractivity contribution in [2.75, 3.05) is 32.1 Å². The van der Waals surface area contributed by atoms with Gasteiger partial charge in [0.2, 0.25) is 0 Å². The van der Waals surface area contributed by atoms with Crippen LogP contribution in [0.1, 0.15) is 23.7 Å². The molecule has 0 aliphatic carbocycles. The number of amides is 1. The molecule has 1 fully saturated rings. The highest BCUT2D eigenvalue weighted by Gasteiger charge is 2.29. The number of para-hydroxylation sites is 1. The van der Waals surface area contributed by atoms with Gasteiger partial charge in [-0.3, -0.25) is 14.9 Å². The van der Waals surface area contributed by atoms with Crippen LogP contribution in [-0.4, -0.2) is 48.6 Å². The van der Waals surface area contributed by atoms with Crippen LogP contribution >= 0.6 is 0 Å². The lowest BCUT2D eigenvalue weighted by Gasteiger charge is -2.22. The molecule has 0 spiro atoms. The second-order valence-electron chi connectivity index (χ2n) is 4.99. The van der Waals surface area contributed by atoms with Gasteiger partial charge in [0.15, 0.2) is 0 Å². The zero-order valence-electron chi connectivity index (χ0n) is 12.2. The largest absolute Gasteiger partial charge is 0.383 e. The van der Waals surface area contributed by atoms with Crippen molar-refractivity contribution < 1.29 is 14.5 Å². The van der Waals surface area contributed by atoms with Crippen molar-refractivity contribution in [1.82, 2.24) is 4.90 Å². The van der Waals surface area contributed by atoms with Crippen molar-refractivity contribution in [1.29, 1.82) is 0 Å². The highest BCUT2D eigenvalue weighted by atomic mass is 16.6. The van der Waals surface area contributed by atoms with Crippen LogP contribution in [0.25, 0.3) is 0 Å². The lowest BCUT2D eigenvalue weighted by atomic mass is 10.1. The van der Waals surface area contributed by atoms with E-state index in [0.29, 0.717) is 25.4 Å². The number of nitrogens with one attached hydrogen (secondary N) is 1. The van der Waals surface area contributed by atoms with E-state index in [1.54, 1.807) is 24.1 Å². The first-order valence-electron chi connectivity index (χ1n) is 6.90. The standard InChI is InChI=1S/C14H19N3O4/c1-10-9-16(7-4-8-21-10)14(18)11-5-3-6-12(15-2)13(11)17(19)20/h3,5-6,10,15H,4,7-9H2,1-2H3. The third kappa shape index (κ3) is 3.30. The van der Waals surface area contributed by atoms with Crippen molar-refractivity contribution in [3.05, 3.63) is 33.9 Å². The topological polar surface area (TPSA) is 84.7 Å². The number of carbonyl (C=O) groups excluding carboxylic acids is 1.